The molecule has 6 heteroatoms. The summed E-state index contributed by atoms with van der Waals surface area (Å²) >= 11 is 9.30. The molecule has 0 aliphatic rings. The van der Waals surface area contributed by atoms with Crippen LogP contribution in [0.15, 0.2) is 22.7 Å². The van der Waals surface area contributed by atoms with E-state index in [4.69, 9.17) is 16.3 Å². The quantitative estimate of drug-likeness (QED) is 0.819. The number of carbonyl (C=O) groups excluding carboxylic acids is 1. The lowest BCUT2D eigenvalue weighted by molar-refractivity contribution is 0.241. The summed E-state index contributed by atoms with van der Waals surface area (Å²) in [6.07, 6.45) is 0.722. The molecule has 0 heterocycles. The molecule has 0 fully saturated rings. The van der Waals surface area contributed by atoms with Crippen molar-refractivity contribution in [3.05, 3.63) is 27.7 Å². The van der Waals surface area contributed by atoms with Crippen LogP contribution in [0.1, 0.15) is 6.42 Å². The lowest BCUT2D eigenvalue weighted by Crippen LogP contribution is -2.33. The lowest BCUT2D eigenvalue weighted by Gasteiger charge is -2.08. The van der Waals surface area contributed by atoms with E-state index in [2.05, 4.69) is 26.6 Å². The predicted molar refractivity (Wildman–Crippen MR) is 71.7 cm³/mol. The Bertz CT molecular complexity index is 388. The third kappa shape index (κ3) is 5.28. The third-order valence-corrected chi connectivity index (χ3v) is 2.77. The van der Waals surface area contributed by atoms with Crippen LogP contribution in [0.5, 0.6) is 5.75 Å². The summed E-state index contributed by atoms with van der Waals surface area (Å²) in [6.45, 7) is 1.07. The largest absolute Gasteiger partial charge is 0.492 e. The Morgan fingerprint density at radius 2 is 2.29 bits per heavy atom. The van der Waals surface area contributed by atoms with Gasteiger partial charge in [-0.15, -0.1) is 0 Å². The maximum atomic E-state index is 10.8. The Balaban J connectivity index is 2.24. The molecule has 2 N–H and O–H groups in total. The van der Waals surface area contributed by atoms with Crippen molar-refractivity contribution in [3.63, 3.8) is 0 Å². The summed E-state index contributed by atoms with van der Waals surface area (Å²) in [5.74, 6) is 0.648. The molecule has 17 heavy (non-hydrogen) atoms. The minimum atomic E-state index is -0.188. The summed E-state index contributed by atoms with van der Waals surface area (Å²) in [5.41, 5.74) is 0. The highest BCUT2D eigenvalue weighted by Crippen LogP contribution is 2.27. The van der Waals surface area contributed by atoms with Gasteiger partial charge < -0.3 is 15.4 Å². The molecule has 0 atom stereocenters. The first-order valence-corrected chi connectivity index (χ1v) is 6.34. The molecule has 0 saturated carbocycles. The topological polar surface area (TPSA) is 50.4 Å². The maximum absolute atomic E-state index is 10.8. The molecule has 0 unspecified atom stereocenters. The second kappa shape index (κ2) is 7.40. The molecule has 1 aromatic carbocycles. The molecule has 1 rings (SSSR count). The average Bonchev–Trinajstić information content (AvgIpc) is 2.30. The standard InChI is InChI=1S/C11H14BrClN2O2/c1-14-11(16)15-5-2-6-17-10-4-3-8(12)7-9(10)13/h3-4,7H,2,5-6H2,1H3,(H2,14,15,16). The number of nitrogens with one attached hydrogen (secondary N) is 2. The van der Waals surface area contributed by atoms with Crippen LogP contribution in [-0.4, -0.2) is 26.2 Å². The number of ether oxygens (including phenoxy) is 1. The molecule has 0 aliphatic carbocycles. The molecule has 0 aromatic heterocycles. The zero-order chi connectivity index (χ0) is 12.7. The Kier molecular flexibility index (Phi) is 6.15. The first-order chi connectivity index (χ1) is 8.13. The van der Waals surface area contributed by atoms with Crippen LogP contribution in [0, 0.1) is 0 Å². The van der Waals surface area contributed by atoms with Gasteiger partial charge in [-0.2, -0.15) is 0 Å². The van der Waals surface area contributed by atoms with Crippen molar-refractivity contribution < 1.29 is 9.53 Å². The highest BCUT2D eigenvalue weighted by Gasteiger charge is 2.02. The highest BCUT2D eigenvalue weighted by atomic mass is 79.9. The SMILES string of the molecule is CNC(=O)NCCCOc1ccc(Br)cc1Cl. The van der Waals surface area contributed by atoms with Gasteiger partial charge in [0, 0.05) is 18.1 Å². The molecule has 94 valence electrons. The van der Waals surface area contributed by atoms with Gasteiger partial charge in [0.15, 0.2) is 0 Å². The second-order valence-electron chi connectivity index (χ2n) is 3.28. The van der Waals surface area contributed by atoms with E-state index >= 15 is 0 Å². The molecule has 0 bridgehead atoms. The van der Waals surface area contributed by atoms with Gasteiger partial charge in [-0.1, -0.05) is 27.5 Å². The van der Waals surface area contributed by atoms with Gasteiger partial charge in [0.1, 0.15) is 5.75 Å². The van der Waals surface area contributed by atoms with E-state index in [0.717, 1.165) is 10.9 Å². The minimum absolute atomic E-state index is 0.188. The van der Waals surface area contributed by atoms with Crippen LogP contribution in [0.4, 0.5) is 4.79 Å². The summed E-state index contributed by atoms with van der Waals surface area (Å²) in [6, 6.07) is 5.26. The van der Waals surface area contributed by atoms with Crippen LogP contribution in [-0.2, 0) is 0 Å². The summed E-state index contributed by atoms with van der Waals surface area (Å²) in [5, 5.41) is 5.71. The van der Waals surface area contributed by atoms with Crippen molar-refractivity contribution >= 4 is 33.6 Å². The van der Waals surface area contributed by atoms with E-state index in [-0.39, 0.29) is 6.03 Å². The normalized spacial score (nSPS) is 9.82. The molecule has 0 saturated heterocycles. The zero-order valence-electron chi connectivity index (χ0n) is 9.43. The zero-order valence-corrected chi connectivity index (χ0v) is 11.8. The number of benzene rings is 1. The Morgan fingerprint density at radius 1 is 1.53 bits per heavy atom. The number of amides is 2. The molecule has 2 amide bonds. The smallest absolute Gasteiger partial charge is 0.314 e. The maximum Gasteiger partial charge on any atom is 0.314 e. The molecule has 4 nitrogen and oxygen atoms in total. The fraction of sp³-hybridized carbons (Fsp3) is 0.364. The first kappa shape index (κ1) is 14.1. The Hall–Kier alpha value is -0.940. The van der Waals surface area contributed by atoms with Crippen molar-refractivity contribution in [1.82, 2.24) is 10.6 Å². The van der Waals surface area contributed by atoms with E-state index in [0.29, 0.717) is 23.9 Å². The summed E-state index contributed by atoms with van der Waals surface area (Å²) in [4.78, 5) is 10.8. The van der Waals surface area contributed by atoms with E-state index in [1.54, 1.807) is 19.2 Å². The lowest BCUT2D eigenvalue weighted by atomic mass is 10.3. The monoisotopic (exact) mass is 320 g/mol. The van der Waals surface area contributed by atoms with Gasteiger partial charge in [0.2, 0.25) is 0 Å². The van der Waals surface area contributed by atoms with E-state index in [1.807, 2.05) is 6.07 Å². The molecular weight excluding hydrogens is 307 g/mol. The number of urea groups is 1. The van der Waals surface area contributed by atoms with Crippen molar-refractivity contribution in [2.24, 2.45) is 0 Å². The van der Waals surface area contributed by atoms with Gasteiger partial charge in [-0.05, 0) is 24.6 Å². The highest BCUT2D eigenvalue weighted by molar-refractivity contribution is 9.10. The van der Waals surface area contributed by atoms with E-state index < -0.39 is 0 Å². The van der Waals surface area contributed by atoms with E-state index in [1.165, 1.54) is 0 Å². The number of halogens is 2. The number of rotatable bonds is 5. The van der Waals surface area contributed by atoms with Gasteiger partial charge in [-0.25, -0.2) is 4.79 Å². The van der Waals surface area contributed by atoms with Crippen molar-refractivity contribution in [1.29, 1.82) is 0 Å². The van der Waals surface area contributed by atoms with Crippen LogP contribution in [0.3, 0.4) is 0 Å². The summed E-state index contributed by atoms with van der Waals surface area (Å²) < 4.78 is 6.40. The summed E-state index contributed by atoms with van der Waals surface area (Å²) in [7, 11) is 1.58. The molecule has 1 aromatic rings. The second-order valence-corrected chi connectivity index (χ2v) is 4.61. The molecule has 0 radical (unpaired) electrons. The van der Waals surface area contributed by atoms with Crippen molar-refractivity contribution in [2.75, 3.05) is 20.2 Å². The Labute approximate surface area is 114 Å². The van der Waals surface area contributed by atoms with Crippen LogP contribution in [0.25, 0.3) is 0 Å². The third-order valence-electron chi connectivity index (χ3n) is 1.99. The van der Waals surface area contributed by atoms with Crippen LogP contribution >= 0.6 is 27.5 Å². The Morgan fingerprint density at radius 3 is 2.94 bits per heavy atom. The van der Waals surface area contributed by atoms with Gasteiger partial charge in [0.05, 0.1) is 11.6 Å². The average molecular weight is 322 g/mol. The van der Waals surface area contributed by atoms with Gasteiger partial charge >= 0.3 is 6.03 Å². The van der Waals surface area contributed by atoms with Crippen LogP contribution in [0.2, 0.25) is 5.02 Å². The fourth-order valence-corrected chi connectivity index (χ4v) is 1.86. The van der Waals surface area contributed by atoms with E-state index in [9.17, 15) is 4.79 Å². The molecule has 0 aliphatic heterocycles. The van der Waals surface area contributed by atoms with Crippen LogP contribution < -0.4 is 15.4 Å². The fourth-order valence-electron chi connectivity index (χ4n) is 1.14. The number of carbonyl (C=O) groups is 1. The molecular formula is C11H14BrClN2O2. The molecule has 0 spiro atoms. The van der Waals surface area contributed by atoms with Crippen molar-refractivity contribution in [2.45, 2.75) is 6.42 Å². The van der Waals surface area contributed by atoms with Crippen molar-refractivity contribution in [3.8, 4) is 5.75 Å². The number of hydrogen-bond acceptors (Lipinski definition) is 2. The van der Waals surface area contributed by atoms with Gasteiger partial charge in [0.25, 0.3) is 0 Å². The number of hydrogen-bond donors (Lipinski definition) is 2. The van der Waals surface area contributed by atoms with Gasteiger partial charge in [-0.3, -0.25) is 0 Å². The first-order valence-electron chi connectivity index (χ1n) is 5.17. The predicted octanol–water partition coefficient (Wildman–Crippen LogP) is 2.80. The minimum Gasteiger partial charge on any atom is -0.492 e.